The third kappa shape index (κ3) is 8.28. The fourth-order valence-corrected chi connectivity index (χ4v) is 5.55. The molecule has 8 heteroatoms. The van der Waals surface area contributed by atoms with Crippen LogP contribution in [0.2, 0.25) is 0 Å². The van der Waals surface area contributed by atoms with E-state index in [9.17, 15) is 14.7 Å². The minimum atomic E-state index is -0.917. The summed E-state index contributed by atoms with van der Waals surface area (Å²) in [5.74, 6) is -0.455. The number of esters is 1. The molecule has 0 spiro atoms. The van der Waals surface area contributed by atoms with Crippen molar-refractivity contribution in [1.82, 2.24) is 0 Å². The molecule has 0 aliphatic carbocycles. The second-order valence-corrected chi connectivity index (χ2v) is 11.3. The maximum Gasteiger partial charge on any atom is 0.319 e. The monoisotopic (exact) mass is 456 g/mol. The van der Waals surface area contributed by atoms with E-state index < -0.39 is 16.6 Å². The maximum absolute atomic E-state index is 12.8. The number of carboxylic acids is 1. The molecule has 2 rings (SSSR count). The molecule has 29 heavy (non-hydrogen) atoms. The number of epoxide rings is 1. The molecule has 1 heterocycles. The van der Waals surface area contributed by atoms with Gasteiger partial charge in [-0.2, -0.15) is 0 Å². The molecule has 1 N–H and O–H groups in total. The highest BCUT2D eigenvalue weighted by atomic mass is 32.2. The van der Waals surface area contributed by atoms with Gasteiger partial charge < -0.3 is 14.6 Å². The van der Waals surface area contributed by atoms with Gasteiger partial charge >= 0.3 is 11.9 Å². The van der Waals surface area contributed by atoms with E-state index in [2.05, 4.69) is 0 Å². The van der Waals surface area contributed by atoms with E-state index in [0.29, 0.717) is 23.0 Å². The first-order valence-electron chi connectivity index (χ1n) is 9.63. The number of rotatable bonds is 11. The van der Waals surface area contributed by atoms with Gasteiger partial charge in [0.2, 0.25) is 0 Å². The smallest absolute Gasteiger partial charge is 0.319 e. The van der Waals surface area contributed by atoms with E-state index in [1.54, 1.807) is 13.8 Å². The minimum absolute atomic E-state index is 0.00238. The summed E-state index contributed by atoms with van der Waals surface area (Å²) in [7, 11) is 0. The molecule has 1 fully saturated rings. The molecule has 1 aromatic rings. The number of aliphatic carboxylic acids is 1. The lowest BCUT2D eigenvalue weighted by molar-refractivity contribution is -0.147. The highest BCUT2D eigenvalue weighted by molar-refractivity contribution is 8.47. The van der Waals surface area contributed by atoms with Crippen LogP contribution in [0.15, 0.2) is 30.3 Å². The summed E-state index contributed by atoms with van der Waals surface area (Å²) >= 11 is 8.28. The lowest BCUT2D eigenvalue weighted by atomic mass is 9.78. The van der Waals surface area contributed by atoms with E-state index in [1.807, 2.05) is 37.3 Å². The average molecular weight is 457 g/mol. The number of hydrogen-bond acceptors (Lipinski definition) is 7. The standard InChI is InChI=1S/C21H28O5S3/c1-4-28-20(27)29-17(18(22)26-13-16-12-25-16)10-15(11-21(2,3)19(23)24)14-8-6-5-7-9-14/h5-9,15-17H,4,10-13H2,1-3H3,(H,23,24). The van der Waals surface area contributed by atoms with Gasteiger partial charge in [-0.3, -0.25) is 9.59 Å². The Hall–Kier alpha value is -1.09. The van der Waals surface area contributed by atoms with Crippen molar-refractivity contribution in [2.75, 3.05) is 19.0 Å². The molecule has 3 atom stereocenters. The molecular weight excluding hydrogens is 428 g/mol. The van der Waals surface area contributed by atoms with Crippen LogP contribution in [0, 0.1) is 5.41 Å². The zero-order valence-electron chi connectivity index (χ0n) is 17.0. The van der Waals surface area contributed by atoms with Crippen LogP contribution in [0.25, 0.3) is 0 Å². The Balaban J connectivity index is 2.20. The van der Waals surface area contributed by atoms with Gasteiger partial charge in [0.05, 0.1) is 12.0 Å². The molecule has 5 nitrogen and oxygen atoms in total. The Bertz CT molecular complexity index is 704. The zero-order valence-corrected chi connectivity index (χ0v) is 19.4. The van der Waals surface area contributed by atoms with Crippen molar-refractivity contribution in [3.63, 3.8) is 0 Å². The summed E-state index contributed by atoms with van der Waals surface area (Å²) in [5, 5.41) is 9.12. The van der Waals surface area contributed by atoms with Gasteiger partial charge in [0.1, 0.15) is 21.5 Å². The Kier molecular flexibility index (Phi) is 9.46. The predicted molar refractivity (Wildman–Crippen MR) is 123 cm³/mol. The van der Waals surface area contributed by atoms with E-state index in [1.165, 1.54) is 23.5 Å². The van der Waals surface area contributed by atoms with Gasteiger partial charge in [-0.1, -0.05) is 61.2 Å². The normalized spacial score (nSPS) is 18.0. The van der Waals surface area contributed by atoms with Crippen LogP contribution in [0.1, 0.15) is 45.1 Å². The van der Waals surface area contributed by atoms with Crippen LogP contribution >= 0.6 is 35.7 Å². The van der Waals surface area contributed by atoms with Gasteiger partial charge in [-0.05, 0) is 43.9 Å². The number of carboxylic acid groups (broad SMARTS) is 1. The lowest BCUT2D eigenvalue weighted by Crippen LogP contribution is -2.30. The number of hydrogen-bond donors (Lipinski definition) is 1. The number of ether oxygens (including phenoxy) is 2. The van der Waals surface area contributed by atoms with Crippen molar-refractivity contribution in [2.45, 2.75) is 50.9 Å². The molecule has 0 aromatic heterocycles. The molecular formula is C21H28O5S3. The molecule has 0 radical (unpaired) electrons. The van der Waals surface area contributed by atoms with E-state index in [4.69, 9.17) is 21.7 Å². The molecule has 1 saturated heterocycles. The molecule has 0 amide bonds. The summed E-state index contributed by atoms with van der Waals surface area (Å²) < 4.78 is 11.3. The number of benzene rings is 1. The SMILES string of the molecule is CCSC(=S)SC(CC(CC(C)(C)C(=O)O)c1ccccc1)C(=O)OCC1CO1. The maximum atomic E-state index is 12.8. The number of carbonyl (C=O) groups is 2. The summed E-state index contributed by atoms with van der Waals surface area (Å²) in [6.45, 7) is 6.31. The first kappa shape index (κ1) is 24.2. The third-order valence-corrected chi connectivity index (χ3v) is 7.35. The van der Waals surface area contributed by atoms with Crippen LogP contribution in [-0.2, 0) is 19.1 Å². The van der Waals surface area contributed by atoms with Crippen molar-refractivity contribution in [3.05, 3.63) is 35.9 Å². The van der Waals surface area contributed by atoms with Crippen LogP contribution in [0.3, 0.4) is 0 Å². The Morgan fingerprint density at radius 2 is 2.00 bits per heavy atom. The Morgan fingerprint density at radius 1 is 1.34 bits per heavy atom. The number of thioether (sulfide) groups is 2. The van der Waals surface area contributed by atoms with Crippen molar-refractivity contribution in [3.8, 4) is 0 Å². The third-order valence-electron chi connectivity index (χ3n) is 4.68. The summed E-state index contributed by atoms with van der Waals surface area (Å²) in [5.41, 5.74) is 0.0972. The van der Waals surface area contributed by atoms with Crippen molar-refractivity contribution >= 4 is 51.2 Å². The fraction of sp³-hybridized carbons (Fsp3) is 0.571. The quantitative estimate of drug-likeness (QED) is 0.291. The van der Waals surface area contributed by atoms with Crippen molar-refractivity contribution in [1.29, 1.82) is 0 Å². The summed E-state index contributed by atoms with van der Waals surface area (Å²) in [6, 6.07) is 9.74. The minimum Gasteiger partial charge on any atom is -0.481 e. The van der Waals surface area contributed by atoms with E-state index >= 15 is 0 Å². The number of carbonyl (C=O) groups excluding carboxylic acids is 1. The van der Waals surface area contributed by atoms with Gasteiger partial charge in [-0.25, -0.2) is 0 Å². The van der Waals surface area contributed by atoms with Crippen molar-refractivity contribution < 1.29 is 24.2 Å². The van der Waals surface area contributed by atoms with Crippen LogP contribution in [0.5, 0.6) is 0 Å². The lowest BCUT2D eigenvalue weighted by Gasteiger charge is -2.28. The first-order chi connectivity index (χ1) is 13.7. The highest BCUT2D eigenvalue weighted by Gasteiger charge is 2.35. The number of thiocarbonyl (C=S) groups is 1. The van der Waals surface area contributed by atoms with E-state index in [-0.39, 0.29) is 24.6 Å². The molecule has 0 bridgehead atoms. The summed E-state index contributed by atoms with van der Waals surface area (Å²) in [6.07, 6.45) is 0.869. The molecule has 1 aliphatic heterocycles. The van der Waals surface area contributed by atoms with Gasteiger partial charge in [0.25, 0.3) is 0 Å². The Labute approximate surface area is 186 Å². The zero-order chi connectivity index (χ0) is 21.4. The molecule has 1 aromatic carbocycles. The largest absolute Gasteiger partial charge is 0.481 e. The van der Waals surface area contributed by atoms with E-state index in [0.717, 1.165) is 11.3 Å². The Morgan fingerprint density at radius 3 is 2.55 bits per heavy atom. The van der Waals surface area contributed by atoms with Gasteiger partial charge in [-0.15, -0.1) is 11.8 Å². The van der Waals surface area contributed by atoms with Crippen LogP contribution in [0.4, 0.5) is 0 Å². The second kappa shape index (κ2) is 11.3. The van der Waals surface area contributed by atoms with Gasteiger partial charge in [0, 0.05) is 0 Å². The average Bonchev–Trinajstić information content (AvgIpc) is 3.50. The fourth-order valence-electron chi connectivity index (χ4n) is 2.92. The topological polar surface area (TPSA) is 76.1 Å². The molecule has 3 unspecified atom stereocenters. The highest BCUT2D eigenvalue weighted by Crippen LogP contribution is 2.38. The second-order valence-electron chi connectivity index (χ2n) is 7.61. The molecule has 0 saturated carbocycles. The first-order valence-corrected chi connectivity index (χ1v) is 11.9. The molecule has 160 valence electrons. The van der Waals surface area contributed by atoms with Gasteiger partial charge in [0.15, 0.2) is 0 Å². The van der Waals surface area contributed by atoms with Crippen LogP contribution in [-0.4, -0.2) is 50.9 Å². The van der Waals surface area contributed by atoms with Crippen LogP contribution < -0.4 is 0 Å². The molecule has 1 aliphatic rings. The summed E-state index contributed by atoms with van der Waals surface area (Å²) in [4.78, 5) is 24.5. The predicted octanol–water partition coefficient (Wildman–Crippen LogP) is 4.74. The van der Waals surface area contributed by atoms with Crippen molar-refractivity contribution in [2.24, 2.45) is 5.41 Å².